The van der Waals surface area contributed by atoms with Crippen LogP contribution in [0.3, 0.4) is 0 Å². The number of halogens is 1. The van der Waals surface area contributed by atoms with Crippen LogP contribution >= 0.6 is 22.9 Å². The Balaban J connectivity index is 2.13. The molecule has 1 rings (SSSR count). The Labute approximate surface area is 88.3 Å². The molecule has 1 aromatic heterocycles. The monoisotopic (exact) mass is 218 g/mol. The highest BCUT2D eigenvalue weighted by Gasteiger charge is 1.96. The molecule has 0 atom stereocenters. The van der Waals surface area contributed by atoms with Gasteiger partial charge >= 0.3 is 0 Å². The van der Waals surface area contributed by atoms with E-state index in [9.17, 15) is 0 Å². The number of nitrogens with one attached hydrogen (secondary N) is 2. The highest BCUT2D eigenvalue weighted by atomic mass is 35.5. The van der Waals surface area contributed by atoms with Crippen LogP contribution in [0.25, 0.3) is 0 Å². The van der Waals surface area contributed by atoms with E-state index < -0.39 is 0 Å². The smallest absolute Gasteiger partial charge is 0.0950 e. The minimum absolute atomic E-state index is 0.550. The van der Waals surface area contributed by atoms with Crippen molar-refractivity contribution in [2.75, 3.05) is 18.4 Å². The van der Waals surface area contributed by atoms with Crippen molar-refractivity contribution < 1.29 is 0 Å². The van der Waals surface area contributed by atoms with Gasteiger partial charge in [0.1, 0.15) is 0 Å². The van der Waals surface area contributed by atoms with Crippen LogP contribution in [0.1, 0.15) is 13.8 Å². The second-order valence-electron chi connectivity index (χ2n) is 3.14. The molecule has 0 aliphatic heterocycles. The summed E-state index contributed by atoms with van der Waals surface area (Å²) in [6, 6.07) is 4.46. The Morgan fingerprint density at radius 2 is 2.15 bits per heavy atom. The SMILES string of the molecule is CC(C)NCCNc1ccc(Cl)s1. The first kappa shape index (κ1) is 10.8. The predicted octanol–water partition coefficient (Wildman–Crippen LogP) is 2.81. The summed E-state index contributed by atoms with van der Waals surface area (Å²) in [6.45, 7) is 6.20. The van der Waals surface area contributed by atoms with Crippen molar-refractivity contribution in [1.29, 1.82) is 0 Å². The first-order chi connectivity index (χ1) is 6.18. The van der Waals surface area contributed by atoms with Gasteiger partial charge in [0.25, 0.3) is 0 Å². The number of hydrogen-bond acceptors (Lipinski definition) is 3. The Kier molecular flexibility index (Phi) is 4.56. The zero-order chi connectivity index (χ0) is 9.68. The van der Waals surface area contributed by atoms with Gasteiger partial charge in [-0.1, -0.05) is 25.4 Å². The summed E-state index contributed by atoms with van der Waals surface area (Å²) in [4.78, 5) is 0. The van der Waals surface area contributed by atoms with Crippen LogP contribution in [0.15, 0.2) is 12.1 Å². The topological polar surface area (TPSA) is 24.1 Å². The van der Waals surface area contributed by atoms with Gasteiger partial charge in [-0.05, 0) is 12.1 Å². The van der Waals surface area contributed by atoms with E-state index >= 15 is 0 Å². The highest BCUT2D eigenvalue weighted by Crippen LogP contribution is 2.25. The molecule has 0 spiro atoms. The Morgan fingerprint density at radius 3 is 2.69 bits per heavy atom. The lowest BCUT2D eigenvalue weighted by Crippen LogP contribution is -2.28. The summed E-state index contributed by atoms with van der Waals surface area (Å²) in [5.41, 5.74) is 0. The minimum atomic E-state index is 0.550. The molecule has 0 radical (unpaired) electrons. The molecule has 0 saturated carbocycles. The third-order valence-corrected chi connectivity index (χ3v) is 2.74. The largest absolute Gasteiger partial charge is 0.376 e. The average Bonchev–Trinajstić information content (AvgIpc) is 2.45. The van der Waals surface area contributed by atoms with Gasteiger partial charge in [0.2, 0.25) is 0 Å². The summed E-state index contributed by atoms with van der Waals surface area (Å²) in [7, 11) is 0. The fraction of sp³-hybridized carbons (Fsp3) is 0.556. The Hall–Kier alpha value is -0.250. The van der Waals surface area contributed by atoms with E-state index in [1.165, 1.54) is 0 Å². The molecule has 74 valence electrons. The molecule has 0 aliphatic carbocycles. The van der Waals surface area contributed by atoms with Gasteiger partial charge in [-0.15, -0.1) is 11.3 Å². The molecular weight excluding hydrogens is 204 g/mol. The number of thiophene rings is 1. The molecule has 1 heterocycles. The standard InChI is InChI=1S/C9H15ClN2S/c1-7(2)11-5-6-12-9-4-3-8(10)13-9/h3-4,7,11-12H,5-6H2,1-2H3. The number of hydrogen-bond donors (Lipinski definition) is 2. The molecule has 2 nitrogen and oxygen atoms in total. The number of rotatable bonds is 5. The lowest BCUT2D eigenvalue weighted by Gasteiger charge is -2.08. The van der Waals surface area contributed by atoms with E-state index in [1.54, 1.807) is 11.3 Å². The summed E-state index contributed by atoms with van der Waals surface area (Å²) < 4.78 is 0.833. The van der Waals surface area contributed by atoms with Gasteiger partial charge in [0, 0.05) is 19.1 Å². The fourth-order valence-electron chi connectivity index (χ4n) is 0.956. The summed E-state index contributed by atoms with van der Waals surface area (Å²) in [5.74, 6) is 0. The van der Waals surface area contributed by atoms with Crippen LogP contribution in [0.2, 0.25) is 4.34 Å². The van der Waals surface area contributed by atoms with Gasteiger partial charge in [-0.3, -0.25) is 0 Å². The normalized spacial score (nSPS) is 10.8. The molecule has 0 fully saturated rings. The van der Waals surface area contributed by atoms with Crippen LogP contribution in [0.5, 0.6) is 0 Å². The van der Waals surface area contributed by atoms with Gasteiger partial charge in [0.15, 0.2) is 0 Å². The fourth-order valence-corrected chi connectivity index (χ4v) is 1.92. The highest BCUT2D eigenvalue weighted by molar-refractivity contribution is 7.19. The van der Waals surface area contributed by atoms with Crippen molar-refractivity contribution >= 4 is 27.9 Å². The van der Waals surface area contributed by atoms with Crippen molar-refractivity contribution in [3.05, 3.63) is 16.5 Å². The molecule has 13 heavy (non-hydrogen) atoms. The Bertz CT molecular complexity index is 248. The van der Waals surface area contributed by atoms with Crippen molar-refractivity contribution in [3.8, 4) is 0 Å². The molecule has 0 bridgehead atoms. The van der Waals surface area contributed by atoms with Crippen molar-refractivity contribution in [2.24, 2.45) is 0 Å². The second-order valence-corrected chi connectivity index (χ2v) is 4.85. The van der Waals surface area contributed by atoms with Crippen molar-refractivity contribution in [2.45, 2.75) is 19.9 Å². The molecule has 4 heteroatoms. The van der Waals surface area contributed by atoms with Gasteiger partial charge in [-0.25, -0.2) is 0 Å². The van der Waals surface area contributed by atoms with Crippen molar-refractivity contribution in [1.82, 2.24) is 5.32 Å². The maximum absolute atomic E-state index is 5.79. The van der Waals surface area contributed by atoms with E-state index in [0.717, 1.165) is 22.4 Å². The van der Waals surface area contributed by atoms with Crippen LogP contribution in [-0.4, -0.2) is 19.1 Å². The zero-order valence-corrected chi connectivity index (χ0v) is 9.50. The zero-order valence-electron chi connectivity index (χ0n) is 7.93. The summed E-state index contributed by atoms with van der Waals surface area (Å²) >= 11 is 7.36. The summed E-state index contributed by atoms with van der Waals surface area (Å²) in [5, 5.41) is 7.76. The lowest BCUT2D eigenvalue weighted by molar-refractivity contribution is 0.602. The first-order valence-electron chi connectivity index (χ1n) is 4.41. The van der Waals surface area contributed by atoms with Gasteiger partial charge < -0.3 is 10.6 Å². The van der Waals surface area contributed by atoms with E-state index in [-0.39, 0.29) is 0 Å². The second kappa shape index (κ2) is 5.47. The first-order valence-corrected chi connectivity index (χ1v) is 5.60. The third kappa shape index (κ3) is 4.50. The van der Waals surface area contributed by atoms with Crippen LogP contribution < -0.4 is 10.6 Å². The van der Waals surface area contributed by atoms with Crippen LogP contribution in [0.4, 0.5) is 5.00 Å². The molecule has 0 saturated heterocycles. The van der Waals surface area contributed by atoms with Crippen LogP contribution in [0, 0.1) is 0 Å². The third-order valence-electron chi connectivity index (χ3n) is 1.55. The molecule has 0 aliphatic rings. The van der Waals surface area contributed by atoms with Crippen LogP contribution in [-0.2, 0) is 0 Å². The predicted molar refractivity (Wildman–Crippen MR) is 61.0 cm³/mol. The van der Waals surface area contributed by atoms with E-state index in [2.05, 4.69) is 24.5 Å². The molecule has 0 amide bonds. The van der Waals surface area contributed by atoms with Gasteiger partial charge in [0.05, 0.1) is 9.34 Å². The Morgan fingerprint density at radius 1 is 1.38 bits per heavy atom. The summed E-state index contributed by atoms with van der Waals surface area (Å²) in [6.07, 6.45) is 0. The van der Waals surface area contributed by atoms with E-state index in [0.29, 0.717) is 6.04 Å². The average molecular weight is 219 g/mol. The maximum atomic E-state index is 5.79. The quantitative estimate of drug-likeness (QED) is 0.743. The molecule has 0 aromatic carbocycles. The molecule has 1 aromatic rings. The van der Waals surface area contributed by atoms with Gasteiger partial charge in [-0.2, -0.15) is 0 Å². The van der Waals surface area contributed by atoms with E-state index in [4.69, 9.17) is 11.6 Å². The maximum Gasteiger partial charge on any atom is 0.0950 e. The van der Waals surface area contributed by atoms with Crippen molar-refractivity contribution in [3.63, 3.8) is 0 Å². The molecule has 0 unspecified atom stereocenters. The number of anilines is 1. The van der Waals surface area contributed by atoms with E-state index in [1.807, 2.05) is 12.1 Å². The molecule has 2 N–H and O–H groups in total. The lowest BCUT2D eigenvalue weighted by atomic mass is 10.4. The molecular formula is C9H15ClN2S. The minimum Gasteiger partial charge on any atom is -0.376 e.